The molecule has 1 aliphatic heterocycles. The summed E-state index contributed by atoms with van der Waals surface area (Å²) in [6.45, 7) is 0.958. The van der Waals surface area contributed by atoms with Crippen molar-refractivity contribution in [2.45, 2.75) is 0 Å². The van der Waals surface area contributed by atoms with Crippen LogP contribution in [0.1, 0.15) is 0 Å². The number of hydrazine groups is 1. The fourth-order valence-corrected chi connectivity index (χ4v) is 0.295. The molecule has 1 aliphatic rings. The SMILES string of the molecule is C1=CNNC1.O=C(O)C(=O)O. The van der Waals surface area contributed by atoms with Gasteiger partial charge in [-0.2, -0.15) is 0 Å². The highest BCUT2D eigenvalue weighted by Crippen LogP contribution is 1.67. The fraction of sp³-hybridized carbons (Fsp3) is 0.200. The highest BCUT2D eigenvalue weighted by molar-refractivity contribution is 6.27. The number of rotatable bonds is 0. The lowest BCUT2D eigenvalue weighted by Gasteiger charge is -1.83. The molecule has 0 aromatic heterocycles. The highest BCUT2D eigenvalue weighted by atomic mass is 16.4. The minimum atomic E-state index is -1.82. The average Bonchev–Trinajstić information content (AvgIpc) is 2.41. The molecule has 62 valence electrons. The Morgan fingerprint density at radius 1 is 1.27 bits per heavy atom. The molecule has 6 heteroatoms. The lowest BCUT2D eigenvalue weighted by molar-refractivity contribution is -0.159. The van der Waals surface area contributed by atoms with Gasteiger partial charge < -0.3 is 15.6 Å². The lowest BCUT2D eigenvalue weighted by Crippen LogP contribution is -2.19. The molecule has 0 aromatic carbocycles. The molecular weight excluding hydrogens is 152 g/mol. The molecule has 0 saturated heterocycles. The van der Waals surface area contributed by atoms with Crippen molar-refractivity contribution in [2.75, 3.05) is 6.54 Å². The molecule has 0 fully saturated rings. The topological polar surface area (TPSA) is 98.7 Å². The minimum absolute atomic E-state index is 0.958. The Morgan fingerprint density at radius 3 is 1.91 bits per heavy atom. The number of hydrogen-bond donors (Lipinski definition) is 4. The Morgan fingerprint density at radius 2 is 1.82 bits per heavy atom. The van der Waals surface area contributed by atoms with Crippen LogP contribution in [0.4, 0.5) is 0 Å². The van der Waals surface area contributed by atoms with Crippen LogP contribution in [0.2, 0.25) is 0 Å². The van der Waals surface area contributed by atoms with Crippen molar-refractivity contribution in [3.05, 3.63) is 12.3 Å². The third-order valence-electron chi connectivity index (χ3n) is 0.706. The first kappa shape index (κ1) is 9.44. The summed E-state index contributed by atoms with van der Waals surface area (Å²) in [5.41, 5.74) is 5.65. The maximum Gasteiger partial charge on any atom is 0.414 e. The quantitative estimate of drug-likeness (QED) is 0.331. The molecule has 6 nitrogen and oxygen atoms in total. The Labute approximate surface area is 62.5 Å². The second-order valence-electron chi connectivity index (χ2n) is 1.54. The molecule has 1 heterocycles. The number of carbonyl (C=O) groups is 2. The van der Waals surface area contributed by atoms with Gasteiger partial charge in [-0.1, -0.05) is 6.08 Å². The molecule has 0 bridgehead atoms. The third-order valence-corrected chi connectivity index (χ3v) is 0.706. The predicted molar refractivity (Wildman–Crippen MR) is 35.5 cm³/mol. The van der Waals surface area contributed by atoms with Gasteiger partial charge in [-0.05, 0) is 0 Å². The third kappa shape index (κ3) is 6.32. The van der Waals surface area contributed by atoms with Gasteiger partial charge in [0, 0.05) is 12.7 Å². The van der Waals surface area contributed by atoms with Gasteiger partial charge in [0.25, 0.3) is 0 Å². The molecule has 1 rings (SSSR count). The summed E-state index contributed by atoms with van der Waals surface area (Å²) >= 11 is 0. The number of nitrogens with one attached hydrogen (secondary N) is 2. The van der Waals surface area contributed by atoms with Gasteiger partial charge in [-0.25, -0.2) is 15.0 Å². The van der Waals surface area contributed by atoms with Gasteiger partial charge in [0.05, 0.1) is 0 Å². The molecule has 0 unspecified atom stereocenters. The van der Waals surface area contributed by atoms with Gasteiger partial charge in [-0.3, -0.25) is 0 Å². The molecule has 11 heavy (non-hydrogen) atoms. The Kier molecular flexibility index (Phi) is 4.50. The smallest absolute Gasteiger partial charge is 0.414 e. The summed E-state index contributed by atoms with van der Waals surface area (Å²) in [6, 6.07) is 0. The van der Waals surface area contributed by atoms with E-state index in [0.717, 1.165) is 6.54 Å². The van der Waals surface area contributed by atoms with E-state index < -0.39 is 11.9 Å². The van der Waals surface area contributed by atoms with Gasteiger partial charge in [0.1, 0.15) is 0 Å². The van der Waals surface area contributed by atoms with E-state index in [1.165, 1.54) is 0 Å². The second-order valence-corrected chi connectivity index (χ2v) is 1.54. The number of carboxylic acids is 2. The molecule has 0 aromatic rings. The number of aliphatic carboxylic acids is 2. The van der Waals surface area contributed by atoms with Crippen LogP contribution in [-0.2, 0) is 9.59 Å². The molecule has 4 N–H and O–H groups in total. The molecule has 0 spiro atoms. The summed E-state index contributed by atoms with van der Waals surface area (Å²) in [4.78, 5) is 18.2. The Bertz CT molecular complexity index is 159. The minimum Gasteiger partial charge on any atom is -0.473 e. The number of hydrogen-bond acceptors (Lipinski definition) is 4. The standard InChI is InChI=1S/C3H6N2.C2H2O4/c1-2-4-5-3-1;3-1(4)2(5)6/h1-2,4-5H,3H2;(H,3,4)(H,5,6). The van der Waals surface area contributed by atoms with Gasteiger partial charge >= 0.3 is 11.9 Å². The monoisotopic (exact) mass is 160 g/mol. The van der Waals surface area contributed by atoms with E-state index in [9.17, 15) is 0 Å². The number of carboxylic acid groups (broad SMARTS) is 2. The van der Waals surface area contributed by atoms with Crippen LogP contribution >= 0.6 is 0 Å². The largest absolute Gasteiger partial charge is 0.473 e. The summed E-state index contributed by atoms with van der Waals surface area (Å²) in [7, 11) is 0. The van der Waals surface area contributed by atoms with E-state index in [0.29, 0.717) is 0 Å². The first-order valence-corrected chi connectivity index (χ1v) is 2.74. The van der Waals surface area contributed by atoms with Crippen LogP contribution in [0.15, 0.2) is 12.3 Å². The molecule has 0 radical (unpaired) electrons. The maximum absolute atomic E-state index is 9.10. The van der Waals surface area contributed by atoms with Crippen molar-refractivity contribution < 1.29 is 19.8 Å². The van der Waals surface area contributed by atoms with Gasteiger partial charge in [0.15, 0.2) is 0 Å². The van der Waals surface area contributed by atoms with Crippen molar-refractivity contribution in [3.63, 3.8) is 0 Å². The van der Waals surface area contributed by atoms with Crippen molar-refractivity contribution in [2.24, 2.45) is 0 Å². The van der Waals surface area contributed by atoms with Crippen LogP contribution in [0.25, 0.3) is 0 Å². The van der Waals surface area contributed by atoms with Crippen LogP contribution < -0.4 is 10.9 Å². The molecule has 0 atom stereocenters. The van der Waals surface area contributed by atoms with Crippen LogP contribution in [0.5, 0.6) is 0 Å². The van der Waals surface area contributed by atoms with Crippen molar-refractivity contribution in [1.29, 1.82) is 0 Å². The zero-order valence-corrected chi connectivity index (χ0v) is 5.57. The van der Waals surface area contributed by atoms with E-state index in [4.69, 9.17) is 19.8 Å². The first-order chi connectivity index (χ1) is 5.14. The zero-order chi connectivity index (χ0) is 8.69. The second kappa shape index (κ2) is 5.24. The van der Waals surface area contributed by atoms with Crippen molar-refractivity contribution in [3.8, 4) is 0 Å². The first-order valence-electron chi connectivity index (χ1n) is 2.74. The normalized spacial score (nSPS) is 12.7. The summed E-state index contributed by atoms with van der Waals surface area (Å²) in [5.74, 6) is -3.65. The van der Waals surface area contributed by atoms with Crippen molar-refractivity contribution in [1.82, 2.24) is 10.9 Å². The van der Waals surface area contributed by atoms with Crippen LogP contribution in [0, 0.1) is 0 Å². The van der Waals surface area contributed by atoms with Crippen LogP contribution in [-0.4, -0.2) is 28.7 Å². The summed E-state index contributed by atoms with van der Waals surface area (Å²) in [5, 5.41) is 14.8. The average molecular weight is 160 g/mol. The van der Waals surface area contributed by atoms with E-state index in [1.807, 2.05) is 12.3 Å². The molecule has 0 aliphatic carbocycles. The van der Waals surface area contributed by atoms with E-state index >= 15 is 0 Å². The Hall–Kier alpha value is -1.56. The maximum atomic E-state index is 9.10. The lowest BCUT2D eigenvalue weighted by atomic mass is 10.7. The fourth-order valence-electron chi connectivity index (χ4n) is 0.295. The van der Waals surface area contributed by atoms with Gasteiger partial charge in [0.2, 0.25) is 0 Å². The summed E-state index contributed by atoms with van der Waals surface area (Å²) < 4.78 is 0. The van der Waals surface area contributed by atoms with Crippen LogP contribution in [0.3, 0.4) is 0 Å². The molecule has 0 saturated carbocycles. The van der Waals surface area contributed by atoms with E-state index in [-0.39, 0.29) is 0 Å². The molecular formula is C5H8N2O4. The Balaban J connectivity index is 0.000000183. The zero-order valence-electron chi connectivity index (χ0n) is 5.57. The summed E-state index contributed by atoms with van der Waals surface area (Å²) in [6.07, 6.45) is 3.89. The van der Waals surface area contributed by atoms with Crippen molar-refractivity contribution >= 4 is 11.9 Å². The van der Waals surface area contributed by atoms with Gasteiger partial charge in [-0.15, -0.1) is 0 Å². The predicted octanol–water partition coefficient (Wildman–Crippen LogP) is -1.24. The van der Waals surface area contributed by atoms with E-state index in [1.54, 1.807) is 0 Å². The van der Waals surface area contributed by atoms with E-state index in [2.05, 4.69) is 10.9 Å². The molecule has 0 amide bonds. The highest BCUT2D eigenvalue weighted by Gasteiger charge is 2.04.